The van der Waals surface area contributed by atoms with Gasteiger partial charge in [0.25, 0.3) is 11.5 Å². The molecule has 5 nitrogen and oxygen atoms in total. The maximum atomic E-state index is 12.7. The number of anilines is 1. The molecule has 1 atom stereocenters. The molecule has 0 aliphatic heterocycles. The van der Waals surface area contributed by atoms with Crippen molar-refractivity contribution in [2.45, 2.75) is 25.2 Å². The summed E-state index contributed by atoms with van der Waals surface area (Å²) in [6, 6.07) is 11.9. The van der Waals surface area contributed by atoms with E-state index in [-0.39, 0.29) is 10.9 Å². The van der Waals surface area contributed by atoms with Crippen LogP contribution in [0.4, 0.5) is 5.13 Å². The first-order valence-electron chi connectivity index (χ1n) is 8.72. The summed E-state index contributed by atoms with van der Waals surface area (Å²) in [5.41, 5.74) is 2.36. The van der Waals surface area contributed by atoms with Crippen molar-refractivity contribution >= 4 is 34.0 Å². The van der Waals surface area contributed by atoms with E-state index >= 15 is 0 Å². The number of halogens is 1. The minimum Gasteiger partial charge on any atom is -0.327 e. The zero-order chi connectivity index (χ0) is 19.0. The van der Waals surface area contributed by atoms with Crippen LogP contribution in [-0.4, -0.2) is 22.9 Å². The van der Waals surface area contributed by atoms with Crippen LogP contribution in [0.1, 0.15) is 38.8 Å². The summed E-state index contributed by atoms with van der Waals surface area (Å²) in [4.78, 5) is 34.0. The lowest BCUT2D eigenvalue weighted by atomic mass is 9.85. The van der Waals surface area contributed by atoms with E-state index in [9.17, 15) is 9.59 Å². The molecule has 1 unspecified atom stereocenters. The van der Waals surface area contributed by atoms with Crippen molar-refractivity contribution < 1.29 is 4.79 Å². The Balaban J connectivity index is 1.56. The molecule has 1 aliphatic rings. The molecule has 0 radical (unpaired) electrons. The first-order chi connectivity index (χ1) is 13.0. The highest BCUT2D eigenvalue weighted by molar-refractivity contribution is 7.16. The van der Waals surface area contributed by atoms with E-state index in [0.717, 1.165) is 25.0 Å². The quantitative estimate of drug-likeness (QED) is 0.722. The minimum atomic E-state index is -0.410. The molecular formula is C20H18ClN3O2S. The maximum Gasteiger partial charge on any atom is 0.266 e. The number of carbonyl (C=O) groups is 1. The van der Waals surface area contributed by atoms with E-state index in [1.54, 1.807) is 18.4 Å². The number of rotatable bonds is 3. The number of carbonyl (C=O) groups excluding carboxylic acids is 1. The Bertz CT molecular complexity index is 1040. The summed E-state index contributed by atoms with van der Waals surface area (Å²) < 4.78 is 0. The highest BCUT2D eigenvalue weighted by Gasteiger charge is 2.26. The Labute approximate surface area is 165 Å². The molecule has 0 saturated heterocycles. The smallest absolute Gasteiger partial charge is 0.266 e. The molecule has 1 aromatic carbocycles. The number of benzene rings is 1. The number of thiazole rings is 1. The lowest BCUT2D eigenvalue weighted by Gasteiger charge is -2.21. The molecule has 138 valence electrons. The number of hydrogen-bond acceptors (Lipinski definition) is 4. The minimum absolute atomic E-state index is 0.00149. The van der Waals surface area contributed by atoms with E-state index in [1.807, 2.05) is 6.07 Å². The fourth-order valence-electron chi connectivity index (χ4n) is 3.37. The monoisotopic (exact) mass is 399 g/mol. The van der Waals surface area contributed by atoms with Gasteiger partial charge in [-0.1, -0.05) is 41.9 Å². The third kappa shape index (κ3) is 3.55. The predicted octanol–water partition coefficient (Wildman–Crippen LogP) is 4.03. The van der Waals surface area contributed by atoms with E-state index in [0.29, 0.717) is 16.6 Å². The van der Waals surface area contributed by atoms with E-state index in [1.165, 1.54) is 27.6 Å². The second kappa shape index (κ2) is 7.29. The van der Waals surface area contributed by atoms with Crippen molar-refractivity contribution in [3.05, 3.63) is 79.7 Å². The van der Waals surface area contributed by atoms with Gasteiger partial charge < -0.3 is 4.98 Å². The highest BCUT2D eigenvalue weighted by atomic mass is 35.5. The zero-order valence-electron chi connectivity index (χ0n) is 14.7. The van der Waals surface area contributed by atoms with Crippen LogP contribution in [0, 0.1) is 0 Å². The van der Waals surface area contributed by atoms with Gasteiger partial charge in [0.05, 0.1) is 11.3 Å². The van der Waals surface area contributed by atoms with Gasteiger partial charge in [-0.25, -0.2) is 4.98 Å². The molecule has 0 fully saturated rings. The van der Waals surface area contributed by atoms with Crippen LogP contribution in [-0.2, 0) is 12.8 Å². The molecule has 1 aliphatic carbocycles. The number of aryl methyl sites for hydroxylation is 1. The molecule has 0 spiro atoms. The van der Waals surface area contributed by atoms with Gasteiger partial charge in [0.15, 0.2) is 5.13 Å². The van der Waals surface area contributed by atoms with Gasteiger partial charge in [-0.05, 0) is 36.8 Å². The molecule has 27 heavy (non-hydrogen) atoms. The largest absolute Gasteiger partial charge is 0.327 e. The van der Waals surface area contributed by atoms with Crippen molar-refractivity contribution in [1.82, 2.24) is 9.97 Å². The fourth-order valence-corrected chi connectivity index (χ4v) is 4.69. The summed E-state index contributed by atoms with van der Waals surface area (Å²) in [6.07, 6.45) is 4.31. The Morgan fingerprint density at radius 3 is 2.85 bits per heavy atom. The second-order valence-corrected chi connectivity index (χ2v) is 8.12. The Morgan fingerprint density at radius 2 is 2.11 bits per heavy atom. The van der Waals surface area contributed by atoms with Crippen LogP contribution < -0.4 is 10.5 Å². The molecule has 1 N–H and O–H groups in total. The molecule has 7 heteroatoms. The van der Waals surface area contributed by atoms with Crippen LogP contribution in [0.3, 0.4) is 0 Å². The lowest BCUT2D eigenvalue weighted by Crippen LogP contribution is -2.27. The molecule has 2 aromatic heterocycles. The van der Waals surface area contributed by atoms with Crippen molar-refractivity contribution in [3.8, 4) is 0 Å². The van der Waals surface area contributed by atoms with Crippen molar-refractivity contribution in [1.29, 1.82) is 0 Å². The molecule has 0 saturated carbocycles. The van der Waals surface area contributed by atoms with Gasteiger partial charge >= 0.3 is 0 Å². The third-order valence-electron chi connectivity index (χ3n) is 4.90. The Hall–Kier alpha value is -2.44. The number of pyridine rings is 1. The summed E-state index contributed by atoms with van der Waals surface area (Å²) in [6.45, 7) is 0. The number of nitrogens with zero attached hydrogens (tertiary/aromatic N) is 2. The predicted molar refractivity (Wildman–Crippen MR) is 108 cm³/mol. The van der Waals surface area contributed by atoms with Crippen molar-refractivity contribution in [3.63, 3.8) is 0 Å². The fraction of sp³-hybridized carbons (Fsp3) is 0.250. The van der Waals surface area contributed by atoms with Crippen LogP contribution in [0.25, 0.3) is 0 Å². The molecule has 2 heterocycles. The lowest BCUT2D eigenvalue weighted by molar-refractivity contribution is 0.0992. The SMILES string of the molecule is CN(C(=O)c1c[nH]c(=O)c(Cl)c1)c1nc2c(s1)CC(c1ccccc1)CC2. The Kier molecular flexibility index (Phi) is 4.85. The van der Waals surface area contributed by atoms with E-state index in [2.05, 4.69) is 34.2 Å². The first-order valence-corrected chi connectivity index (χ1v) is 9.92. The van der Waals surface area contributed by atoms with Gasteiger partial charge in [-0.15, -0.1) is 11.3 Å². The number of H-pyrrole nitrogens is 1. The summed E-state index contributed by atoms with van der Waals surface area (Å²) in [5, 5.41) is 0.666. The number of amides is 1. The molecule has 3 aromatic rings. The third-order valence-corrected chi connectivity index (χ3v) is 6.37. The molecular weight excluding hydrogens is 382 g/mol. The number of nitrogens with one attached hydrogen (secondary N) is 1. The van der Waals surface area contributed by atoms with Crippen molar-refractivity contribution in [2.24, 2.45) is 0 Å². The summed E-state index contributed by atoms with van der Waals surface area (Å²) in [7, 11) is 1.69. The number of aromatic nitrogens is 2. The van der Waals surface area contributed by atoms with Gasteiger partial charge in [0.1, 0.15) is 5.02 Å². The highest BCUT2D eigenvalue weighted by Crippen LogP contribution is 2.38. The zero-order valence-corrected chi connectivity index (χ0v) is 16.3. The average Bonchev–Trinajstić information content (AvgIpc) is 3.13. The van der Waals surface area contributed by atoms with Crippen LogP contribution in [0.15, 0.2) is 47.4 Å². The van der Waals surface area contributed by atoms with Crippen LogP contribution in [0.5, 0.6) is 0 Å². The Morgan fingerprint density at radius 1 is 1.33 bits per heavy atom. The first kappa shape index (κ1) is 17.9. The van der Waals surface area contributed by atoms with Gasteiger partial charge in [-0.3, -0.25) is 14.5 Å². The van der Waals surface area contributed by atoms with Gasteiger partial charge in [0, 0.05) is 18.1 Å². The van der Waals surface area contributed by atoms with Crippen LogP contribution in [0.2, 0.25) is 5.02 Å². The number of fused-ring (bicyclic) bond motifs is 1. The number of aromatic amines is 1. The second-order valence-electron chi connectivity index (χ2n) is 6.65. The van der Waals surface area contributed by atoms with Gasteiger partial charge in [0.2, 0.25) is 0 Å². The van der Waals surface area contributed by atoms with Crippen LogP contribution >= 0.6 is 22.9 Å². The topological polar surface area (TPSA) is 66.1 Å². The molecule has 1 amide bonds. The summed E-state index contributed by atoms with van der Waals surface area (Å²) >= 11 is 7.40. The number of hydrogen-bond donors (Lipinski definition) is 1. The normalized spacial score (nSPS) is 16.0. The van der Waals surface area contributed by atoms with E-state index < -0.39 is 5.56 Å². The average molecular weight is 400 g/mol. The standard InChI is InChI=1S/C20H18ClN3O2S/c1-24(19(26)14-9-15(21)18(25)22-11-14)20-23-16-8-7-13(10-17(16)27-20)12-5-3-2-4-6-12/h2-6,9,11,13H,7-8,10H2,1H3,(H,22,25). The van der Waals surface area contributed by atoms with E-state index in [4.69, 9.17) is 11.6 Å². The summed E-state index contributed by atoms with van der Waals surface area (Å²) in [5.74, 6) is 0.241. The molecule has 0 bridgehead atoms. The maximum absolute atomic E-state index is 12.7. The van der Waals surface area contributed by atoms with Crippen molar-refractivity contribution in [2.75, 3.05) is 11.9 Å². The van der Waals surface area contributed by atoms with Gasteiger partial charge in [-0.2, -0.15) is 0 Å². The molecule has 4 rings (SSSR count).